The Balaban J connectivity index is 1.83. The fraction of sp³-hybridized carbons (Fsp3) is 0.538. The Hall–Kier alpha value is -1.20. The number of ketones is 1. The number of fused-ring (bicyclic) bond motifs is 1. The summed E-state index contributed by atoms with van der Waals surface area (Å²) in [6.45, 7) is 5.23. The van der Waals surface area contributed by atoms with Crippen molar-refractivity contribution >= 4 is 17.1 Å². The predicted octanol–water partition coefficient (Wildman–Crippen LogP) is 1.80. The molecule has 1 fully saturated rings. The molecule has 0 saturated carbocycles. The number of rotatable bonds is 1. The van der Waals surface area contributed by atoms with Crippen LogP contribution in [0.1, 0.15) is 26.8 Å². The lowest BCUT2D eigenvalue weighted by Gasteiger charge is -2.26. The van der Waals surface area contributed by atoms with Crippen molar-refractivity contribution in [1.29, 1.82) is 0 Å². The van der Waals surface area contributed by atoms with Crippen LogP contribution in [0, 0.1) is 6.92 Å². The molecule has 2 aliphatic rings. The Morgan fingerprint density at radius 1 is 1.33 bits per heavy atom. The highest BCUT2D eigenvalue weighted by Crippen LogP contribution is 2.29. The molecule has 1 aromatic rings. The number of ether oxygens (including phenoxy) is 1. The summed E-state index contributed by atoms with van der Waals surface area (Å²) in [5.74, 6) is 0.174. The zero-order valence-electron chi connectivity index (χ0n) is 10.4. The van der Waals surface area contributed by atoms with Crippen molar-refractivity contribution in [2.24, 2.45) is 0 Å². The summed E-state index contributed by atoms with van der Waals surface area (Å²) in [5, 5.41) is 0.987. The summed E-state index contributed by atoms with van der Waals surface area (Å²) in [6.07, 6.45) is 3.73. The molecule has 0 radical (unpaired) electrons. The second-order valence-corrected chi connectivity index (χ2v) is 5.84. The second-order valence-electron chi connectivity index (χ2n) is 4.64. The van der Waals surface area contributed by atoms with Crippen LogP contribution in [-0.4, -0.2) is 42.0 Å². The van der Waals surface area contributed by atoms with E-state index in [1.807, 2.05) is 13.1 Å². The third kappa shape index (κ3) is 2.20. The van der Waals surface area contributed by atoms with Gasteiger partial charge in [0.05, 0.1) is 28.8 Å². The molecule has 0 spiro atoms. The van der Waals surface area contributed by atoms with Crippen LogP contribution in [0.25, 0.3) is 0 Å². The minimum absolute atomic E-state index is 0.174. The van der Waals surface area contributed by atoms with E-state index in [4.69, 9.17) is 4.74 Å². The molecule has 0 bridgehead atoms. The Morgan fingerprint density at radius 3 is 2.89 bits per heavy atom. The van der Waals surface area contributed by atoms with Gasteiger partial charge in [-0.25, -0.2) is 4.98 Å². The summed E-state index contributed by atoms with van der Waals surface area (Å²) in [7, 11) is 0. The molecule has 0 N–H and O–H groups in total. The zero-order chi connectivity index (χ0) is 12.5. The van der Waals surface area contributed by atoms with Gasteiger partial charge in [0.15, 0.2) is 0 Å². The van der Waals surface area contributed by atoms with Crippen LogP contribution in [0.15, 0.2) is 11.8 Å². The first-order valence-corrected chi connectivity index (χ1v) is 7.09. The summed E-state index contributed by atoms with van der Waals surface area (Å²) in [4.78, 5) is 19.8. The highest BCUT2D eigenvalue weighted by Gasteiger charge is 2.26. The molecule has 0 amide bonds. The third-order valence-electron chi connectivity index (χ3n) is 3.32. The summed E-state index contributed by atoms with van der Waals surface area (Å²) >= 11 is 1.52. The fourth-order valence-electron chi connectivity index (χ4n) is 2.38. The van der Waals surface area contributed by atoms with Crippen molar-refractivity contribution in [1.82, 2.24) is 9.88 Å². The molecule has 2 heterocycles. The van der Waals surface area contributed by atoms with E-state index in [0.29, 0.717) is 0 Å². The maximum Gasteiger partial charge on any atom is 0.202 e. The summed E-state index contributed by atoms with van der Waals surface area (Å²) < 4.78 is 5.31. The Bertz CT molecular complexity index is 501. The maximum atomic E-state index is 12.3. The lowest BCUT2D eigenvalue weighted by molar-refractivity contribution is 0.0586. The average Bonchev–Trinajstić information content (AvgIpc) is 2.76. The van der Waals surface area contributed by atoms with Crippen molar-refractivity contribution in [2.75, 3.05) is 26.3 Å². The van der Waals surface area contributed by atoms with Gasteiger partial charge in [0, 0.05) is 24.9 Å². The van der Waals surface area contributed by atoms with E-state index in [-0.39, 0.29) is 5.78 Å². The Morgan fingerprint density at radius 2 is 2.11 bits per heavy atom. The number of carbonyl (C=O) groups excluding carboxylic acids is 1. The van der Waals surface area contributed by atoms with Crippen LogP contribution < -0.4 is 0 Å². The zero-order valence-corrected chi connectivity index (χ0v) is 11.3. The molecule has 1 aliphatic carbocycles. The lowest BCUT2D eigenvalue weighted by Crippen LogP contribution is -2.33. The largest absolute Gasteiger partial charge is 0.378 e. The smallest absolute Gasteiger partial charge is 0.202 e. The third-order valence-corrected chi connectivity index (χ3v) is 4.33. The molecule has 1 saturated heterocycles. The normalized spacial score (nSPS) is 22.4. The Labute approximate surface area is 110 Å². The number of thiazole rings is 1. The fourth-order valence-corrected chi connectivity index (χ4v) is 3.32. The van der Waals surface area contributed by atoms with E-state index < -0.39 is 0 Å². The van der Waals surface area contributed by atoms with Gasteiger partial charge in [-0.1, -0.05) is 0 Å². The first kappa shape index (κ1) is 11.9. The van der Waals surface area contributed by atoms with E-state index in [1.165, 1.54) is 11.3 Å². The van der Waals surface area contributed by atoms with Gasteiger partial charge in [-0.15, -0.1) is 11.3 Å². The summed E-state index contributed by atoms with van der Waals surface area (Å²) in [6, 6.07) is 0. The molecular weight excluding hydrogens is 248 g/mol. The first-order valence-electron chi connectivity index (χ1n) is 6.27. The van der Waals surface area contributed by atoms with Gasteiger partial charge in [0.1, 0.15) is 0 Å². The second kappa shape index (κ2) is 4.82. The van der Waals surface area contributed by atoms with Crippen LogP contribution in [0.3, 0.4) is 0 Å². The lowest BCUT2D eigenvalue weighted by atomic mass is 9.96. The number of nitrogens with zero attached hydrogens (tertiary/aromatic N) is 2. The van der Waals surface area contributed by atoms with Crippen LogP contribution >= 0.6 is 11.3 Å². The van der Waals surface area contributed by atoms with E-state index in [2.05, 4.69) is 9.88 Å². The number of aryl methyl sites for hydroxylation is 2. The van der Waals surface area contributed by atoms with Crippen molar-refractivity contribution < 1.29 is 9.53 Å². The average molecular weight is 264 g/mol. The Kier molecular flexibility index (Phi) is 3.18. The minimum atomic E-state index is 0.174. The number of hydrogen-bond donors (Lipinski definition) is 0. The van der Waals surface area contributed by atoms with Crippen molar-refractivity contribution in [2.45, 2.75) is 19.8 Å². The van der Waals surface area contributed by atoms with Gasteiger partial charge in [-0.3, -0.25) is 4.79 Å². The van der Waals surface area contributed by atoms with Crippen LogP contribution in [-0.2, 0) is 11.2 Å². The quantitative estimate of drug-likeness (QED) is 0.725. The van der Waals surface area contributed by atoms with Gasteiger partial charge < -0.3 is 9.64 Å². The molecule has 18 heavy (non-hydrogen) atoms. The predicted molar refractivity (Wildman–Crippen MR) is 70.0 cm³/mol. The molecular formula is C13H16N2O2S. The van der Waals surface area contributed by atoms with Gasteiger partial charge in [-0.2, -0.15) is 0 Å². The number of allylic oxidation sites excluding steroid dienone is 1. The molecule has 4 nitrogen and oxygen atoms in total. The van der Waals surface area contributed by atoms with Gasteiger partial charge in [0.2, 0.25) is 5.78 Å². The van der Waals surface area contributed by atoms with Gasteiger partial charge >= 0.3 is 0 Å². The van der Waals surface area contributed by atoms with Crippen molar-refractivity contribution in [3.05, 3.63) is 27.4 Å². The van der Waals surface area contributed by atoms with Crippen molar-refractivity contribution in [3.63, 3.8) is 0 Å². The number of morpholine rings is 1. The minimum Gasteiger partial charge on any atom is -0.378 e. The number of Topliss-reactive ketones (excluding diaryl/α,β-unsaturated/α-hetero) is 1. The number of carbonyl (C=O) groups is 1. The standard InChI is InChI=1S/C13H16N2O2S/c1-9-14-11-3-2-10(12(16)13(11)18-9)8-15-4-6-17-7-5-15/h8H,2-7H2,1H3/b10-8+. The molecule has 3 rings (SSSR count). The highest BCUT2D eigenvalue weighted by molar-refractivity contribution is 7.14. The molecule has 96 valence electrons. The highest BCUT2D eigenvalue weighted by atomic mass is 32.1. The van der Waals surface area contributed by atoms with E-state index in [1.54, 1.807) is 0 Å². The van der Waals surface area contributed by atoms with E-state index in [9.17, 15) is 4.79 Å². The number of hydrogen-bond acceptors (Lipinski definition) is 5. The SMILES string of the molecule is Cc1nc2c(s1)C(=O)/C(=C/N1CCOCC1)CC2. The molecule has 0 unspecified atom stereocenters. The molecule has 5 heteroatoms. The van der Waals surface area contributed by atoms with Gasteiger partial charge in [-0.05, 0) is 19.8 Å². The van der Waals surface area contributed by atoms with Crippen LogP contribution in [0.4, 0.5) is 0 Å². The topological polar surface area (TPSA) is 42.4 Å². The van der Waals surface area contributed by atoms with Crippen molar-refractivity contribution in [3.8, 4) is 0 Å². The number of aromatic nitrogens is 1. The van der Waals surface area contributed by atoms with Crippen LogP contribution in [0.5, 0.6) is 0 Å². The molecule has 1 aromatic heterocycles. The molecule has 0 atom stereocenters. The van der Waals surface area contributed by atoms with Crippen LogP contribution in [0.2, 0.25) is 0 Å². The summed E-state index contributed by atoms with van der Waals surface area (Å²) in [5.41, 5.74) is 1.91. The maximum absolute atomic E-state index is 12.3. The van der Waals surface area contributed by atoms with E-state index >= 15 is 0 Å². The molecule has 0 aromatic carbocycles. The monoisotopic (exact) mass is 264 g/mol. The van der Waals surface area contributed by atoms with E-state index in [0.717, 1.165) is 60.3 Å². The first-order chi connectivity index (χ1) is 8.74. The van der Waals surface area contributed by atoms with Gasteiger partial charge in [0.25, 0.3) is 0 Å². The molecule has 1 aliphatic heterocycles.